The Hall–Kier alpha value is -1.40. The van der Waals surface area contributed by atoms with Gasteiger partial charge in [-0.2, -0.15) is 0 Å². The van der Waals surface area contributed by atoms with Crippen molar-refractivity contribution in [3.8, 4) is 0 Å². The number of carbonyl (C=O) groups excluding carboxylic acids is 1. The van der Waals surface area contributed by atoms with Crippen molar-refractivity contribution < 1.29 is 4.79 Å². The van der Waals surface area contributed by atoms with Crippen LogP contribution >= 0.6 is 11.3 Å². The second kappa shape index (κ2) is 6.01. The highest BCUT2D eigenvalue weighted by atomic mass is 32.1. The first-order valence-corrected chi connectivity index (χ1v) is 9.11. The number of amides is 1. The van der Waals surface area contributed by atoms with Gasteiger partial charge in [-0.15, -0.1) is 11.3 Å². The van der Waals surface area contributed by atoms with Gasteiger partial charge < -0.3 is 10.2 Å². The summed E-state index contributed by atoms with van der Waals surface area (Å²) in [5.41, 5.74) is 0.590. The summed E-state index contributed by atoms with van der Waals surface area (Å²) in [6.07, 6.45) is 8.71. The SMILES string of the molecule is O=C(c1cn2ccsc2n1)N1CCC(C2CCNCC2)CC1. The van der Waals surface area contributed by atoms with Crippen molar-refractivity contribution in [1.29, 1.82) is 0 Å². The van der Waals surface area contributed by atoms with E-state index in [0.717, 1.165) is 55.8 Å². The van der Waals surface area contributed by atoms with E-state index in [9.17, 15) is 4.79 Å². The first-order chi connectivity index (χ1) is 10.8. The van der Waals surface area contributed by atoms with Crippen molar-refractivity contribution >= 4 is 22.2 Å². The summed E-state index contributed by atoms with van der Waals surface area (Å²) >= 11 is 1.57. The zero-order valence-electron chi connectivity index (χ0n) is 12.7. The predicted molar refractivity (Wildman–Crippen MR) is 87.3 cm³/mol. The van der Waals surface area contributed by atoms with E-state index in [1.807, 2.05) is 27.1 Å². The lowest BCUT2D eigenvalue weighted by Crippen LogP contribution is -2.42. The summed E-state index contributed by atoms with van der Waals surface area (Å²) in [5.74, 6) is 1.76. The molecule has 0 aromatic carbocycles. The molecule has 2 aliphatic heterocycles. The lowest BCUT2D eigenvalue weighted by molar-refractivity contribution is 0.0637. The third kappa shape index (κ3) is 2.65. The van der Waals surface area contributed by atoms with Gasteiger partial charge in [-0.05, 0) is 50.6 Å². The van der Waals surface area contributed by atoms with Crippen molar-refractivity contribution in [3.05, 3.63) is 23.5 Å². The van der Waals surface area contributed by atoms with Gasteiger partial charge in [0.25, 0.3) is 5.91 Å². The second-order valence-corrected chi connectivity index (χ2v) is 7.31. The van der Waals surface area contributed by atoms with Crippen LogP contribution < -0.4 is 5.32 Å². The number of fused-ring (bicyclic) bond motifs is 1. The summed E-state index contributed by atoms with van der Waals surface area (Å²) < 4.78 is 1.93. The Morgan fingerprint density at radius 3 is 2.64 bits per heavy atom. The molecule has 4 rings (SSSR count). The summed E-state index contributed by atoms with van der Waals surface area (Å²) in [4.78, 5) is 19.9. The van der Waals surface area contributed by atoms with Gasteiger partial charge in [0.05, 0.1) is 0 Å². The fourth-order valence-corrected chi connectivity index (χ4v) is 4.58. The van der Waals surface area contributed by atoms with Crippen molar-refractivity contribution in [2.45, 2.75) is 25.7 Å². The van der Waals surface area contributed by atoms with Crippen molar-refractivity contribution in [3.63, 3.8) is 0 Å². The average Bonchev–Trinajstić information content (AvgIpc) is 3.17. The number of hydrogen-bond donors (Lipinski definition) is 1. The van der Waals surface area contributed by atoms with Crippen LogP contribution in [0, 0.1) is 11.8 Å². The summed E-state index contributed by atoms with van der Waals surface area (Å²) in [5, 5.41) is 5.43. The number of carbonyl (C=O) groups is 1. The topological polar surface area (TPSA) is 49.6 Å². The van der Waals surface area contributed by atoms with Crippen LogP contribution in [0.25, 0.3) is 4.96 Å². The monoisotopic (exact) mass is 318 g/mol. The fraction of sp³-hybridized carbons (Fsp3) is 0.625. The lowest BCUT2D eigenvalue weighted by Gasteiger charge is -2.37. The van der Waals surface area contributed by atoms with Gasteiger partial charge in [0.1, 0.15) is 5.69 Å². The Kier molecular flexibility index (Phi) is 3.88. The van der Waals surface area contributed by atoms with Crippen LogP contribution in [-0.4, -0.2) is 46.4 Å². The number of thiazole rings is 1. The van der Waals surface area contributed by atoms with Crippen LogP contribution in [0.4, 0.5) is 0 Å². The van der Waals surface area contributed by atoms with E-state index in [0.29, 0.717) is 5.69 Å². The molecule has 2 aliphatic rings. The number of likely N-dealkylation sites (tertiary alicyclic amines) is 1. The van der Waals surface area contributed by atoms with Crippen LogP contribution in [-0.2, 0) is 0 Å². The highest BCUT2D eigenvalue weighted by molar-refractivity contribution is 7.15. The van der Waals surface area contributed by atoms with Crippen LogP contribution in [0.1, 0.15) is 36.2 Å². The van der Waals surface area contributed by atoms with E-state index >= 15 is 0 Å². The first kappa shape index (κ1) is 14.2. The summed E-state index contributed by atoms with van der Waals surface area (Å²) in [7, 11) is 0. The van der Waals surface area contributed by atoms with E-state index in [1.165, 1.54) is 12.8 Å². The molecule has 0 spiro atoms. The van der Waals surface area contributed by atoms with Gasteiger partial charge in [-0.1, -0.05) is 0 Å². The number of imidazole rings is 1. The van der Waals surface area contributed by atoms with Crippen LogP contribution in [0.5, 0.6) is 0 Å². The van der Waals surface area contributed by atoms with Gasteiger partial charge in [0.15, 0.2) is 4.96 Å². The van der Waals surface area contributed by atoms with Crippen LogP contribution in [0.2, 0.25) is 0 Å². The minimum absolute atomic E-state index is 0.0969. The number of aromatic nitrogens is 2. The highest BCUT2D eigenvalue weighted by Gasteiger charge is 2.30. The Bertz CT molecular complexity index is 621. The zero-order valence-corrected chi connectivity index (χ0v) is 13.5. The maximum atomic E-state index is 12.6. The minimum Gasteiger partial charge on any atom is -0.337 e. The predicted octanol–water partition coefficient (Wildman–Crippen LogP) is 2.25. The van der Waals surface area contributed by atoms with E-state index in [2.05, 4.69) is 10.3 Å². The molecule has 0 radical (unpaired) electrons. The van der Waals surface area contributed by atoms with E-state index in [1.54, 1.807) is 11.3 Å². The summed E-state index contributed by atoms with van der Waals surface area (Å²) in [6.45, 7) is 4.10. The molecule has 6 heteroatoms. The number of nitrogens with zero attached hydrogens (tertiary/aromatic N) is 3. The van der Waals surface area contributed by atoms with E-state index < -0.39 is 0 Å². The summed E-state index contributed by atoms with van der Waals surface area (Å²) in [6, 6.07) is 0. The molecule has 0 bridgehead atoms. The molecule has 22 heavy (non-hydrogen) atoms. The molecule has 0 atom stereocenters. The smallest absolute Gasteiger partial charge is 0.274 e. The maximum Gasteiger partial charge on any atom is 0.274 e. The molecule has 0 aliphatic carbocycles. The molecule has 0 unspecified atom stereocenters. The molecular formula is C16H22N4OS. The van der Waals surface area contributed by atoms with Crippen molar-refractivity contribution in [1.82, 2.24) is 19.6 Å². The Balaban J connectivity index is 1.38. The van der Waals surface area contributed by atoms with Gasteiger partial charge in [-0.25, -0.2) is 4.98 Å². The Labute approximate surface area is 134 Å². The largest absolute Gasteiger partial charge is 0.337 e. The van der Waals surface area contributed by atoms with Gasteiger partial charge in [0.2, 0.25) is 0 Å². The second-order valence-electron chi connectivity index (χ2n) is 6.44. The third-order valence-electron chi connectivity index (χ3n) is 5.19. The molecular weight excluding hydrogens is 296 g/mol. The number of piperidine rings is 2. The number of rotatable bonds is 2. The fourth-order valence-electron chi connectivity index (χ4n) is 3.88. The number of hydrogen-bond acceptors (Lipinski definition) is 4. The van der Waals surface area contributed by atoms with Gasteiger partial charge in [-0.3, -0.25) is 9.20 Å². The molecule has 2 aromatic rings. The molecule has 1 amide bonds. The van der Waals surface area contributed by atoms with E-state index in [4.69, 9.17) is 0 Å². The van der Waals surface area contributed by atoms with Crippen molar-refractivity contribution in [2.24, 2.45) is 11.8 Å². The molecule has 118 valence electrons. The molecule has 0 saturated carbocycles. The Morgan fingerprint density at radius 1 is 1.18 bits per heavy atom. The maximum absolute atomic E-state index is 12.6. The molecule has 1 N–H and O–H groups in total. The quantitative estimate of drug-likeness (QED) is 0.924. The van der Waals surface area contributed by atoms with Crippen LogP contribution in [0.3, 0.4) is 0 Å². The molecule has 2 fully saturated rings. The molecule has 4 heterocycles. The average molecular weight is 318 g/mol. The van der Waals surface area contributed by atoms with Crippen LogP contribution in [0.15, 0.2) is 17.8 Å². The van der Waals surface area contributed by atoms with Crippen molar-refractivity contribution in [2.75, 3.05) is 26.2 Å². The molecule has 2 aromatic heterocycles. The normalized spacial score (nSPS) is 21.5. The highest BCUT2D eigenvalue weighted by Crippen LogP contribution is 2.31. The van der Waals surface area contributed by atoms with E-state index in [-0.39, 0.29) is 5.91 Å². The van der Waals surface area contributed by atoms with Gasteiger partial charge in [0, 0.05) is 30.9 Å². The molecule has 5 nitrogen and oxygen atoms in total. The number of nitrogens with one attached hydrogen (secondary N) is 1. The van der Waals surface area contributed by atoms with Gasteiger partial charge >= 0.3 is 0 Å². The molecule has 2 saturated heterocycles. The minimum atomic E-state index is 0.0969. The Morgan fingerprint density at radius 2 is 1.91 bits per heavy atom. The third-order valence-corrected chi connectivity index (χ3v) is 5.96. The standard InChI is InChI=1S/C16H22N4OS/c21-15(14-11-20-9-10-22-16(20)18-14)19-7-3-13(4-8-19)12-1-5-17-6-2-12/h9-13,17H,1-8H2. The zero-order chi connectivity index (χ0) is 14.9. The first-order valence-electron chi connectivity index (χ1n) is 8.23. The lowest BCUT2D eigenvalue weighted by atomic mass is 9.79.